The molecule has 1 heterocycles. The number of nitrogens with one attached hydrogen (secondary N) is 2. The highest BCUT2D eigenvalue weighted by Gasteiger charge is 2.36. The maximum Gasteiger partial charge on any atom is 0.251 e. The second kappa shape index (κ2) is 9.36. The summed E-state index contributed by atoms with van der Waals surface area (Å²) in [4.78, 5) is 27.1. The molecule has 1 saturated heterocycles. The summed E-state index contributed by atoms with van der Waals surface area (Å²) in [6.45, 7) is 3.27. The van der Waals surface area contributed by atoms with E-state index in [1.54, 1.807) is 0 Å². The monoisotopic (exact) mass is 400 g/mol. The molecule has 1 saturated carbocycles. The number of carbonyl (C=O) groups is 2. The number of likely N-dealkylation sites (tertiary alicyclic amines) is 1. The molecule has 0 spiro atoms. The summed E-state index contributed by atoms with van der Waals surface area (Å²) in [7, 11) is 0. The van der Waals surface area contributed by atoms with Crippen molar-refractivity contribution in [3.63, 3.8) is 0 Å². The minimum Gasteiger partial charge on any atom is -0.349 e. The van der Waals surface area contributed by atoms with E-state index in [2.05, 4.69) is 21.6 Å². The summed E-state index contributed by atoms with van der Waals surface area (Å²) in [5.74, 6) is -0.668. The summed E-state index contributed by atoms with van der Waals surface area (Å²) in [5, 5.41) is 15.6. The number of carbonyl (C=O) groups excluding carboxylic acids is 2. The van der Waals surface area contributed by atoms with Gasteiger partial charge in [-0.05, 0) is 56.9 Å². The van der Waals surface area contributed by atoms with Crippen molar-refractivity contribution in [1.29, 1.82) is 5.26 Å². The lowest BCUT2D eigenvalue weighted by atomic mass is 9.82. The highest BCUT2D eigenvalue weighted by Crippen LogP contribution is 2.28. The van der Waals surface area contributed by atoms with Crippen molar-refractivity contribution in [2.45, 2.75) is 69.5 Å². The molecule has 1 aromatic carbocycles. The minimum absolute atomic E-state index is 0.0304. The average Bonchev–Trinajstić information content (AvgIpc) is 2.75. The minimum atomic E-state index is -0.717. The zero-order chi connectivity index (χ0) is 20.9. The first-order valence-electron chi connectivity index (χ1n) is 10.5. The molecular formula is C22H29FN4O2. The topological polar surface area (TPSA) is 85.2 Å². The predicted octanol–water partition coefficient (Wildman–Crippen LogP) is 2.75. The molecule has 0 bridgehead atoms. The highest BCUT2D eigenvalue weighted by molar-refractivity contribution is 5.94. The molecule has 3 rings (SSSR count). The number of nitrogens with zero attached hydrogens (tertiary/aromatic N) is 2. The van der Waals surface area contributed by atoms with Crippen molar-refractivity contribution in [1.82, 2.24) is 15.5 Å². The quantitative estimate of drug-likeness (QED) is 0.796. The average molecular weight is 400 g/mol. The molecule has 2 fully saturated rings. The highest BCUT2D eigenvalue weighted by atomic mass is 19.1. The van der Waals surface area contributed by atoms with E-state index >= 15 is 0 Å². The molecule has 2 aliphatic rings. The third kappa shape index (κ3) is 5.33. The van der Waals surface area contributed by atoms with Crippen LogP contribution in [0.2, 0.25) is 0 Å². The van der Waals surface area contributed by atoms with Gasteiger partial charge in [-0.15, -0.1) is 0 Å². The third-order valence-corrected chi connectivity index (χ3v) is 6.18. The Kier molecular flexibility index (Phi) is 6.86. The fourth-order valence-electron chi connectivity index (χ4n) is 4.23. The smallest absolute Gasteiger partial charge is 0.251 e. The molecule has 2 N–H and O–H groups in total. The van der Waals surface area contributed by atoms with Crippen LogP contribution in [0.1, 0.15) is 62.2 Å². The van der Waals surface area contributed by atoms with Crippen LogP contribution in [0.25, 0.3) is 0 Å². The van der Waals surface area contributed by atoms with E-state index in [1.807, 2.05) is 6.92 Å². The van der Waals surface area contributed by atoms with Gasteiger partial charge in [-0.2, -0.15) is 5.26 Å². The summed E-state index contributed by atoms with van der Waals surface area (Å²) in [5.41, 5.74) is -0.277. The van der Waals surface area contributed by atoms with E-state index in [0.29, 0.717) is 18.7 Å². The van der Waals surface area contributed by atoms with Gasteiger partial charge in [0.05, 0.1) is 12.1 Å². The maximum absolute atomic E-state index is 13.0. The van der Waals surface area contributed by atoms with Gasteiger partial charge >= 0.3 is 0 Å². The van der Waals surface area contributed by atoms with Crippen molar-refractivity contribution in [2.75, 3.05) is 13.1 Å². The van der Waals surface area contributed by atoms with Crippen LogP contribution >= 0.6 is 0 Å². The molecule has 6 nitrogen and oxygen atoms in total. The van der Waals surface area contributed by atoms with Crippen molar-refractivity contribution >= 4 is 11.8 Å². The first-order valence-corrected chi connectivity index (χ1v) is 10.5. The number of benzene rings is 1. The van der Waals surface area contributed by atoms with Crippen molar-refractivity contribution in [3.8, 4) is 6.07 Å². The molecule has 1 atom stereocenters. The molecule has 1 unspecified atom stereocenters. The standard InChI is InChI=1S/C22H29FN4O2/c1-16(20(28)26-22(15-24)11-3-2-4-12-22)27-13-9-19(10-14-27)25-21(29)17-5-7-18(23)8-6-17/h5-8,16,19H,2-4,9-14H2,1H3,(H,25,29)(H,26,28). The Balaban J connectivity index is 1.48. The van der Waals surface area contributed by atoms with Crippen molar-refractivity contribution in [2.24, 2.45) is 0 Å². The van der Waals surface area contributed by atoms with Crippen molar-refractivity contribution in [3.05, 3.63) is 35.6 Å². The van der Waals surface area contributed by atoms with Gasteiger partial charge in [-0.25, -0.2) is 4.39 Å². The van der Waals surface area contributed by atoms with Gasteiger partial charge in [0.15, 0.2) is 0 Å². The maximum atomic E-state index is 13.0. The molecule has 1 aliphatic carbocycles. The molecule has 0 radical (unpaired) electrons. The van der Waals surface area contributed by atoms with Gasteiger partial charge in [0, 0.05) is 24.7 Å². The van der Waals surface area contributed by atoms with Crippen LogP contribution in [0.3, 0.4) is 0 Å². The molecule has 1 aromatic rings. The first-order chi connectivity index (χ1) is 13.9. The fourth-order valence-corrected chi connectivity index (χ4v) is 4.23. The fraction of sp³-hybridized carbons (Fsp3) is 0.591. The molecule has 0 aromatic heterocycles. The van der Waals surface area contributed by atoms with Crippen LogP contribution in [0, 0.1) is 17.1 Å². The molecule has 156 valence electrons. The van der Waals surface area contributed by atoms with Gasteiger partial charge in [0.1, 0.15) is 11.4 Å². The number of piperidine rings is 1. The van der Waals surface area contributed by atoms with Crippen LogP contribution in [-0.4, -0.2) is 47.4 Å². The van der Waals surface area contributed by atoms with E-state index in [9.17, 15) is 19.2 Å². The van der Waals surface area contributed by atoms with E-state index in [4.69, 9.17) is 0 Å². The van der Waals surface area contributed by atoms with E-state index in [0.717, 1.165) is 44.9 Å². The van der Waals surface area contributed by atoms with Crippen LogP contribution in [-0.2, 0) is 4.79 Å². The summed E-state index contributed by atoms with van der Waals surface area (Å²) >= 11 is 0. The third-order valence-electron chi connectivity index (χ3n) is 6.18. The number of hydrogen-bond donors (Lipinski definition) is 2. The zero-order valence-electron chi connectivity index (χ0n) is 16.9. The van der Waals surface area contributed by atoms with Crippen LogP contribution in [0.4, 0.5) is 4.39 Å². The number of rotatable bonds is 5. The molecule has 2 amide bonds. The predicted molar refractivity (Wildman–Crippen MR) is 107 cm³/mol. The Morgan fingerprint density at radius 2 is 1.79 bits per heavy atom. The van der Waals surface area contributed by atoms with E-state index < -0.39 is 5.54 Å². The Morgan fingerprint density at radius 3 is 2.38 bits per heavy atom. The Morgan fingerprint density at radius 1 is 1.17 bits per heavy atom. The van der Waals surface area contributed by atoms with E-state index in [-0.39, 0.29) is 29.7 Å². The summed E-state index contributed by atoms with van der Waals surface area (Å²) in [6, 6.07) is 7.55. The lowest BCUT2D eigenvalue weighted by Gasteiger charge is -2.38. The molecular weight excluding hydrogens is 371 g/mol. The van der Waals surface area contributed by atoms with Crippen LogP contribution in [0.5, 0.6) is 0 Å². The van der Waals surface area contributed by atoms with Gasteiger partial charge < -0.3 is 10.6 Å². The molecule has 7 heteroatoms. The summed E-state index contributed by atoms with van der Waals surface area (Å²) < 4.78 is 13.0. The lowest BCUT2D eigenvalue weighted by molar-refractivity contribution is -0.128. The SMILES string of the molecule is CC(C(=O)NC1(C#N)CCCCC1)N1CCC(NC(=O)c2ccc(F)cc2)CC1. The Hall–Kier alpha value is -2.46. The number of amides is 2. The lowest BCUT2D eigenvalue weighted by Crippen LogP contribution is -2.56. The number of hydrogen-bond acceptors (Lipinski definition) is 4. The Labute approximate surface area is 171 Å². The van der Waals surface area contributed by atoms with Gasteiger partial charge in [0.25, 0.3) is 5.91 Å². The largest absolute Gasteiger partial charge is 0.349 e. The molecule has 1 aliphatic heterocycles. The van der Waals surface area contributed by atoms with Crippen molar-refractivity contribution < 1.29 is 14.0 Å². The second-order valence-corrected chi connectivity index (χ2v) is 8.21. The number of nitriles is 1. The number of halogens is 1. The van der Waals surface area contributed by atoms with Gasteiger partial charge in [0.2, 0.25) is 5.91 Å². The first kappa shape index (κ1) is 21.3. The molecule has 29 heavy (non-hydrogen) atoms. The summed E-state index contributed by atoms with van der Waals surface area (Å²) in [6.07, 6.45) is 6.00. The van der Waals surface area contributed by atoms with E-state index in [1.165, 1.54) is 24.3 Å². The second-order valence-electron chi connectivity index (χ2n) is 8.21. The van der Waals surface area contributed by atoms with Gasteiger partial charge in [-0.1, -0.05) is 19.3 Å². The van der Waals surface area contributed by atoms with Crippen LogP contribution in [0.15, 0.2) is 24.3 Å². The van der Waals surface area contributed by atoms with Gasteiger partial charge in [-0.3, -0.25) is 14.5 Å². The van der Waals surface area contributed by atoms with Crippen LogP contribution < -0.4 is 10.6 Å². The normalized spacial score (nSPS) is 21.0. The Bertz CT molecular complexity index is 760. The zero-order valence-corrected chi connectivity index (χ0v) is 16.9.